The van der Waals surface area contributed by atoms with Gasteiger partial charge in [0.05, 0.1) is 7.14 Å². The molecule has 1 aliphatic heterocycles. The first-order chi connectivity index (χ1) is 6.12. The largest absolute Gasteiger partial charge is 0.324 e. The van der Waals surface area contributed by atoms with E-state index in [1.165, 1.54) is 32.1 Å². The van der Waals surface area contributed by atoms with Crippen LogP contribution in [-0.2, 0) is 4.57 Å². The number of hydrogen-bond donors (Lipinski definition) is 0. The van der Waals surface area contributed by atoms with Gasteiger partial charge in [0.25, 0.3) is 0 Å². The first-order valence-corrected chi connectivity index (χ1v) is 7.96. The van der Waals surface area contributed by atoms with Gasteiger partial charge in [0.15, 0.2) is 0 Å². The molecule has 78 valence electrons. The molecule has 1 fully saturated rings. The zero-order valence-electron chi connectivity index (χ0n) is 9.09. The highest BCUT2D eigenvalue weighted by atomic mass is 31.2. The minimum Gasteiger partial charge on any atom is -0.324 e. The van der Waals surface area contributed by atoms with Crippen molar-refractivity contribution >= 4 is 7.14 Å². The highest BCUT2D eigenvalue weighted by Gasteiger charge is 2.25. The third-order valence-electron chi connectivity index (χ3n) is 2.98. The Morgan fingerprint density at radius 3 is 2.31 bits per heavy atom. The summed E-state index contributed by atoms with van der Waals surface area (Å²) in [6.07, 6.45) is 9.38. The lowest BCUT2D eigenvalue weighted by molar-refractivity contribution is 0.542. The van der Waals surface area contributed by atoms with Crippen molar-refractivity contribution in [2.45, 2.75) is 46.0 Å². The van der Waals surface area contributed by atoms with E-state index in [1.54, 1.807) is 0 Å². The average Bonchev–Trinajstić information content (AvgIpc) is 2.47. The monoisotopic (exact) mass is 202 g/mol. The van der Waals surface area contributed by atoms with Gasteiger partial charge in [0.2, 0.25) is 0 Å². The molecule has 0 saturated carbocycles. The minimum absolute atomic E-state index is 0.810. The molecular formula is C11H23OP. The average molecular weight is 202 g/mol. The van der Waals surface area contributed by atoms with Crippen molar-refractivity contribution in [3.8, 4) is 0 Å². The summed E-state index contributed by atoms with van der Waals surface area (Å²) in [5.74, 6) is 0.810. The van der Waals surface area contributed by atoms with Crippen molar-refractivity contribution in [1.29, 1.82) is 0 Å². The van der Waals surface area contributed by atoms with E-state index in [2.05, 4.69) is 13.8 Å². The fourth-order valence-electron chi connectivity index (χ4n) is 2.09. The second-order valence-electron chi connectivity index (χ2n) is 4.83. The zero-order chi connectivity index (χ0) is 9.73. The minimum atomic E-state index is -1.63. The molecule has 13 heavy (non-hydrogen) atoms. The second kappa shape index (κ2) is 5.20. The Kier molecular flexibility index (Phi) is 4.52. The SMILES string of the molecule is CC(C)CCCCP1(=O)CCCC1. The van der Waals surface area contributed by atoms with E-state index in [-0.39, 0.29) is 0 Å². The van der Waals surface area contributed by atoms with Crippen molar-refractivity contribution in [1.82, 2.24) is 0 Å². The van der Waals surface area contributed by atoms with Gasteiger partial charge in [-0.3, -0.25) is 0 Å². The predicted octanol–water partition coefficient (Wildman–Crippen LogP) is 3.97. The van der Waals surface area contributed by atoms with E-state index in [0.717, 1.165) is 24.4 Å². The van der Waals surface area contributed by atoms with Crippen LogP contribution in [0, 0.1) is 5.92 Å². The lowest BCUT2D eigenvalue weighted by Gasteiger charge is -2.10. The van der Waals surface area contributed by atoms with Crippen molar-refractivity contribution in [3.05, 3.63) is 0 Å². The summed E-state index contributed by atoms with van der Waals surface area (Å²) in [7, 11) is -1.63. The summed E-state index contributed by atoms with van der Waals surface area (Å²) < 4.78 is 12.1. The van der Waals surface area contributed by atoms with Crippen LogP contribution < -0.4 is 0 Å². The molecule has 0 unspecified atom stereocenters. The normalized spacial score (nSPS) is 21.2. The van der Waals surface area contributed by atoms with Gasteiger partial charge in [-0.15, -0.1) is 0 Å². The Morgan fingerprint density at radius 2 is 1.77 bits per heavy atom. The Labute approximate surface area is 82.7 Å². The summed E-state index contributed by atoms with van der Waals surface area (Å²) in [5, 5.41) is 0. The molecule has 0 N–H and O–H groups in total. The lowest BCUT2D eigenvalue weighted by Crippen LogP contribution is -1.94. The Balaban J connectivity index is 2.08. The quantitative estimate of drug-likeness (QED) is 0.487. The summed E-state index contributed by atoms with van der Waals surface area (Å²) >= 11 is 0. The van der Waals surface area contributed by atoms with Gasteiger partial charge in [-0.05, 0) is 25.2 Å². The molecule has 1 aliphatic rings. The van der Waals surface area contributed by atoms with Gasteiger partial charge in [-0.25, -0.2) is 0 Å². The van der Waals surface area contributed by atoms with Crippen LogP contribution in [0.3, 0.4) is 0 Å². The molecule has 1 heterocycles. The van der Waals surface area contributed by atoms with E-state index < -0.39 is 7.14 Å². The highest BCUT2D eigenvalue weighted by Crippen LogP contribution is 2.52. The van der Waals surface area contributed by atoms with E-state index >= 15 is 0 Å². The number of rotatable bonds is 5. The van der Waals surface area contributed by atoms with Gasteiger partial charge in [-0.2, -0.15) is 0 Å². The predicted molar refractivity (Wildman–Crippen MR) is 60.1 cm³/mol. The third-order valence-corrected chi connectivity index (χ3v) is 6.37. The van der Waals surface area contributed by atoms with E-state index in [0.29, 0.717) is 0 Å². The molecule has 2 heteroatoms. The van der Waals surface area contributed by atoms with Gasteiger partial charge in [0, 0.05) is 18.5 Å². The molecule has 1 rings (SSSR count). The van der Waals surface area contributed by atoms with E-state index in [1.807, 2.05) is 0 Å². The van der Waals surface area contributed by atoms with Crippen LogP contribution in [0.2, 0.25) is 0 Å². The molecule has 0 amide bonds. The summed E-state index contributed by atoms with van der Waals surface area (Å²) in [6, 6.07) is 0. The molecule has 0 aromatic rings. The maximum Gasteiger partial charge on any atom is 0.0877 e. The van der Waals surface area contributed by atoms with E-state index in [4.69, 9.17) is 0 Å². The molecule has 0 aromatic heterocycles. The lowest BCUT2D eigenvalue weighted by atomic mass is 10.1. The second-order valence-corrected chi connectivity index (χ2v) is 8.28. The fourth-order valence-corrected chi connectivity index (χ4v) is 5.16. The molecule has 0 aliphatic carbocycles. The van der Waals surface area contributed by atoms with Crippen molar-refractivity contribution in [2.24, 2.45) is 5.92 Å². The standard InChI is InChI=1S/C11H23OP/c1-11(2)7-3-4-8-13(12)9-5-6-10-13/h11H,3-10H2,1-2H3. The Hall–Kier alpha value is 0.230. The van der Waals surface area contributed by atoms with Gasteiger partial charge < -0.3 is 4.57 Å². The van der Waals surface area contributed by atoms with Crippen LogP contribution in [0.25, 0.3) is 0 Å². The first-order valence-electron chi connectivity index (χ1n) is 5.69. The molecular weight excluding hydrogens is 179 g/mol. The highest BCUT2D eigenvalue weighted by molar-refractivity contribution is 7.64. The van der Waals surface area contributed by atoms with Crippen LogP contribution >= 0.6 is 7.14 Å². The summed E-state index contributed by atoms with van der Waals surface area (Å²) in [6.45, 7) is 4.52. The Bertz CT molecular complexity index is 177. The van der Waals surface area contributed by atoms with Crippen LogP contribution in [0.1, 0.15) is 46.0 Å². The topological polar surface area (TPSA) is 17.1 Å². The number of unbranched alkanes of at least 4 members (excludes halogenated alkanes) is 1. The number of hydrogen-bond acceptors (Lipinski definition) is 1. The zero-order valence-corrected chi connectivity index (χ0v) is 9.98. The van der Waals surface area contributed by atoms with Crippen LogP contribution in [0.5, 0.6) is 0 Å². The molecule has 1 nitrogen and oxygen atoms in total. The smallest absolute Gasteiger partial charge is 0.0877 e. The van der Waals surface area contributed by atoms with Gasteiger partial charge in [0.1, 0.15) is 0 Å². The maximum atomic E-state index is 12.1. The van der Waals surface area contributed by atoms with Crippen LogP contribution in [0.4, 0.5) is 0 Å². The molecule has 0 radical (unpaired) electrons. The van der Waals surface area contributed by atoms with Crippen molar-refractivity contribution in [2.75, 3.05) is 18.5 Å². The van der Waals surface area contributed by atoms with Gasteiger partial charge >= 0.3 is 0 Å². The van der Waals surface area contributed by atoms with Crippen LogP contribution in [-0.4, -0.2) is 18.5 Å². The first kappa shape index (κ1) is 11.3. The van der Waals surface area contributed by atoms with Gasteiger partial charge in [-0.1, -0.05) is 26.7 Å². The van der Waals surface area contributed by atoms with Crippen molar-refractivity contribution < 1.29 is 4.57 Å². The van der Waals surface area contributed by atoms with Crippen LogP contribution in [0.15, 0.2) is 0 Å². The molecule has 0 aromatic carbocycles. The molecule has 0 spiro atoms. The molecule has 0 bridgehead atoms. The van der Waals surface area contributed by atoms with Crippen molar-refractivity contribution in [3.63, 3.8) is 0 Å². The Morgan fingerprint density at radius 1 is 1.15 bits per heavy atom. The summed E-state index contributed by atoms with van der Waals surface area (Å²) in [5.41, 5.74) is 0. The molecule has 1 saturated heterocycles. The maximum absolute atomic E-state index is 12.1. The molecule has 0 atom stereocenters. The third kappa shape index (κ3) is 4.31. The fraction of sp³-hybridized carbons (Fsp3) is 1.00. The van der Waals surface area contributed by atoms with E-state index in [9.17, 15) is 4.57 Å². The summed E-state index contributed by atoms with van der Waals surface area (Å²) in [4.78, 5) is 0.